The molecule has 2 aromatic carbocycles. The highest BCUT2D eigenvalue weighted by atomic mass is 32.2. The molecule has 6 heteroatoms. The summed E-state index contributed by atoms with van der Waals surface area (Å²) in [5.41, 5.74) is 1.86. The number of ether oxygens (including phenoxy) is 1. The Morgan fingerprint density at radius 2 is 1.75 bits per heavy atom. The number of para-hydroxylation sites is 1. The fourth-order valence-corrected chi connectivity index (χ4v) is 2.51. The standard InChI is InChI=1S/C18H21NO4S/c1-14(24(2,21)22)18(20)19-12-15-7-6-8-16(11-15)13-23-17-9-4-3-5-10-17/h3-11,14H,12-13H2,1-2H3,(H,19,20)/t14-/m1/s1. The summed E-state index contributed by atoms with van der Waals surface area (Å²) in [5.74, 6) is 0.293. The molecule has 5 nitrogen and oxygen atoms in total. The van der Waals surface area contributed by atoms with E-state index in [1.807, 2.05) is 54.6 Å². The Kier molecular flexibility index (Phi) is 5.98. The lowest BCUT2D eigenvalue weighted by Crippen LogP contribution is -2.37. The maximum atomic E-state index is 11.8. The Morgan fingerprint density at radius 3 is 2.42 bits per heavy atom. The SMILES string of the molecule is C[C@H](C(=O)NCc1cccc(COc2ccccc2)c1)S(C)(=O)=O. The fourth-order valence-electron chi connectivity index (χ4n) is 2.04. The Bertz CT molecular complexity index is 788. The minimum atomic E-state index is -3.39. The Hall–Kier alpha value is -2.34. The Morgan fingerprint density at radius 1 is 1.08 bits per heavy atom. The van der Waals surface area contributed by atoms with Crippen LogP contribution in [0.4, 0.5) is 0 Å². The molecule has 1 atom stereocenters. The largest absolute Gasteiger partial charge is 0.489 e. The van der Waals surface area contributed by atoms with Crippen molar-refractivity contribution in [2.24, 2.45) is 0 Å². The van der Waals surface area contributed by atoms with Gasteiger partial charge in [-0.3, -0.25) is 4.79 Å². The summed E-state index contributed by atoms with van der Waals surface area (Å²) in [7, 11) is -3.39. The number of carbonyl (C=O) groups excluding carboxylic acids is 1. The van der Waals surface area contributed by atoms with Gasteiger partial charge in [0.1, 0.15) is 17.6 Å². The van der Waals surface area contributed by atoms with Crippen molar-refractivity contribution in [1.29, 1.82) is 0 Å². The van der Waals surface area contributed by atoms with Crippen LogP contribution in [-0.4, -0.2) is 25.8 Å². The van der Waals surface area contributed by atoms with Gasteiger partial charge in [0.25, 0.3) is 0 Å². The number of amides is 1. The van der Waals surface area contributed by atoms with Crippen LogP contribution in [0.15, 0.2) is 54.6 Å². The van der Waals surface area contributed by atoms with Gasteiger partial charge in [-0.2, -0.15) is 0 Å². The van der Waals surface area contributed by atoms with Gasteiger partial charge in [0.15, 0.2) is 9.84 Å². The van der Waals surface area contributed by atoms with Crippen LogP contribution in [-0.2, 0) is 27.8 Å². The Labute approximate surface area is 142 Å². The highest BCUT2D eigenvalue weighted by Crippen LogP contribution is 2.13. The van der Waals surface area contributed by atoms with Crippen LogP contribution in [0, 0.1) is 0 Å². The van der Waals surface area contributed by atoms with Gasteiger partial charge in [0.2, 0.25) is 5.91 Å². The molecule has 0 aliphatic heterocycles. The number of rotatable bonds is 7. The van der Waals surface area contributed by atoms with Gasteiger partial charge in [-0.1, -0.05) is 42.5 Å². The molecule has 1 amide bonds. The second-order valence-electron chi connectivity index (χ2n) is 5.61. The summed E-state index contributed by atoms with van der Waals surface area (Å²) in [6, 6.07) is 17.1. The molecule has 128 valence electrons. The minimum Gasteiger partial charge on any atom is -0.489 e. The number of sulfone groups is 1. The molecule has 0 aromatic heterocycles. The highest BCUT2D eigenvalue weighted by Gasteiger charge is 2.22. The van der Waals surface area contributed by atoms with Crippen LogP contribution in [0.5, 0.6) is 5.75 Å². The molecule has 0 unspecified atom stereocenters. The topological polar surface area (TPSA) is 72.5 Å². The summed E-state index contributed by atoms with van der Waals surface area (Å²) in [6.45, 7) is 2.08. The zero-order valence-electron chi connectivity index (χ0n) is 13.7. The van der Waals surface area contributed by atoms with E-state index in [1.54, 1.807) is 0 Å². The van der Waals surface area contributed by atoms with Gasteiger partial charge in [0.05, 0.1) is 0 Å². The lowest BCUT2D eigenvalue weighted by atomic mass is 10.1. The van der Waals surface area contributed by atoms with Crippen LogP contribution in [0.25, 0.3) is 0 Å². The van der Waals surface area contributed by atoms with Gasteiger partial charge in [-0.05, 0) is 30.2 Å². The van der Waals surface area contributed by atoms with Crippen LogP contribution in [0.3, 0.4) is 0 Å². The molecule has 0 aliphatic carbocycles. The first-order valence-corrected chi connectivity index (χ1v) is 9.54. The summed E-state index contributed by atoms with van der Waals surface area (Å²) >= 11 is 0. The van der Waals surface area contributed by atoms with E-state index in [-0.39, 0.29) is 6.54 Å². The number of carbonyl (C=O) groups is 1. The summed E-state index contributed by atoms with van der Waals surface area (Å²) in [4.78, 5) is 11.8. The van der Waals surface area contributed by atoms with Gasteiger partial charge < -0.3 is 10.1 Å². The first kappa shape index (κ1) is 18.0. The third-order valence-corrected chi connectivity index (χ3v) is 5.12. The average Bonchev–Trinajstić information content (AvgIpc) is 2.57. The molecule has 0 saturated heterocycles. The van der Waals surface area contributed by atoms with E-state index in [2.05, 4.69) is 5.32 Å². The molecular weight excluding hydrogens is 326 g/mol. The average molecular weight is 347 g/mol. The quantitative estimate of drug-likeness (QED) is 0.834. The van der Waals surface area contributed by atoms with Crippen molar-refractivity contribution in [2.45, 2.75) is 25.3 Å². The summed E-state index contributed by atoms with van der Waals surface area (Å²) in [6.07, 6.45) is 1.05. The van der Waals surface area contributed by atoms with E-state index in [4.69, 9.17) is 4.74 Å². The van der Waals surface area contributed by atoms with E-state index in [0.717, 1.165) is 23.1 Å². The van der Waals surface area contributed by atoms with Gasteiger partial charge >= 0.3 is 0 Å². The minimum absolute atomic E-state index is 0.276. The number of nitrogens with one attached hydrogen (secondary N) is 1. The molecule has 0 aliphatic rings. The van der Waals surface area contributed by atoms with Crippen LogP contribution in [0.1, 0.15) is 18.1 Å². The monoisotopic (exact) mass is 347 g/mol. The predicted octanol–water partition coefficient (Wildman–Crippen LogP) is 2.31. The summed E-state index contributed by atoms with van der Waals surface area (Å²) < 4.78 is 28.5. The van der Waals surface area contributed by atoms with Gasteiger partial charge in [-0.15, -0.1) is 0 Å². The van der Waals surface area contributed by atoms with Crippen molar-refractivity contribution in [3.63, 3.8) is 0 Å². The third-order valence-electron chi connectivity index (χ3n) is 3.62. The zero-order valence-corrected chi connectivity index (χ0v) is 14.5. The molecule has 24 heavy (non-hydrogen) atoms. The number of hydrogen-bond donors (Lipinski definition) is 1. The predicted molar refractivity (Wildman–Crippen MR) is 93.4 cm³/mol. The summed E-state index contributed by atoms with van der Waals surface area (Å²) in [5, 5.41) is 1.59. The number of benzene rings is 2. The maximum Gasteiger partial charge on any atom is 0.238 e. The zero-order chi connectivity index (χ0) is 17.6. The first-order chi connectivity index (χ1) is 11.4. The van der Waals surface area contributed by atoms with Crippen LogP contribution < -0.4 is 10.1 Å². The second kappa shape index (κ2) is 7.97. The van der Waals surface area contributed by atoms with E-state index >= 15 is 0 Å². The van der Waals surface area contributed by atoms with Crippen molar-refractivity contribution in [3.8, 4) is 5.75 Å². The molecule has 0 heterocycles. The van der Waals surface area contributed by atoms with E-state index in [9.17, 15) is 13.2 Å². The normalized spacial score (nSPS) is 12.4. The van der Waals surface area contributed by atoms with E-state index < -0.39 is 21.0 Å². The molecular formula is C18H21NO4S. The molecule has 2 aromatic rings. The first-order valence-electron chi connectivity index (χ1n) is 7.58. The van der Waals surface area contributed by atoms with Gasteiger partial charge in [0, 0.05) is 12.8 Å². The van der Waals surface area contributed by atoms with Crippen molar-refractivity contribution < 1.29 is 17.9 Å². The molecule has 0 saturated carbocycles. The lowest BCUT2D eigenvalue weighted by Gasteiger charge is -2.11. The lowest BCUT2D eigenvalue weighted by molar-refractivity contribution is -0.120. The fraction of sp³-hybridized carbons (Fsp3) is 0.278. The van der Waals surface area contributed by atoms with E-state index in [1.165, 1.54) is 6.92 Å². The van der Waals surface area contributed by atoms with E-state index in [0.29, 0.717) is 6.61 Å². The molecule has 0 radical (unpaired) electrons. The maximum absolute atomic E-state index is 11.8. The van der Waals surface area contributed by atoms with Crippen molar-refractivity contribution >= 4 is 15.7 Å². The smallest absolute Gasteiger partial charge is 0.238 e. The van der Waals surface area contributed by atoms with Gasteiger partial charge in [-0.25, -0.2) is 8.42 Å². The Balaban J connectivity index is 1.92. The molecule has 0 fully saturated rings. The van der Waals surface area contributed by atoms with Crippen molar-refractivity contribution in [2.75, 3.05) is 6.26 Å². The number of hydrogen-bond acceptors (Lipinski definition) is 4. The van der Waals surface area contributed by atoms with Crippen LogP contribution in [0.2, 0.25) is 0 Å². The van der Waals surface area contributed by atoms with Crippen molar-refractivity contribution in [3.05, 3.63) is 65.7 Å². The molecule has 1 N–H and O–H groups in total. The third kappa shape index (κ3) is 5.38. The molecule has 0 bridgehead atoms. The molecule has 2 rings (SSSR count). The van der Waals surface area contributed by atoms with Crippen molar-refractivity contribution in [1.82, 2.24) is 5.32 Å². The van der Waals surface area contributed by atoms with Crippen LogP contribution >= 0.6 is 0 Å². The highest BCUT2D eigenvalue weighted by molar-refractivity contribution is 7.92. The molecule has 0 spiro atoms. The second-order valence-corrected chi connectivity index (χ2v) is 7.98.